The van der Waals surface area contributed by atoms with E-state index in [2.05, 4.69) is 20.3 Å². The van der Waals surface area contributed by atoms with Crippen LogP contribution in [0.3, 0.4) is 0 Å². The maximum atomic E-state index is 10.7. The largest absolute Gasteiger partial charge is 0.444 e. The Balaban J connectivity index is 1.61. The molecule has 0 bridgehead atoms. The van der Waals surface area contributed by atoms with E-state index in [-0.39, 0.29) is 11.9 Å². The number of fused-ring (bicyclic) bond motifs is 1. The summed E-state index contributed by atoms with van der Waals surface area (Å²) in [5.41, 5.74) is 0.975. The van der Waals surface area contributed by atoms with Gasteiger partial charge in [-0.15, -0.1) is 0 Å². The van der Waals surface area contributed by atoms with Gasteiger partial charge in [0.1, 0.15) is 18.6 Å². The first-order valence-corrected chi connectivity index (χ1v) is 6.47. The zero-order chi connectivity index (χ0) is 14.8. The Morgan fingerprint density at radius 1 is 1.52 bits per heavy atom. The molecule has 0 fully saturated rings. The summed E-state index contributed by atoms with van der Waals surface area (Å²) in [5, 5.41) is 14.0. The molecule has 21 heavy (non-hydrogen) atoms. The fourth-order valence-electron chi connectivity index (χ4n) is 2.08. The van der Waals surface area contributed by atoms with Crippen LogP contribution in [0.25, 0.3) is 0 Å². The summed E-state index contributed by atoms with van der Waals surface area (Å²) in [6, 6.07) is 0.339. The molecule has 0 saturated heterocycles. The van der Waals surface area contributed by atoms with Gasteiger partial charge in [0.2, 0.25) is 0 Å². The minimum Gasteiger partial charge on any atom is -0.444 e. The van der Waals surface area contributed by atoms with Crippen LogP contribution >= 0.6 is 0 Å². The molecule has 1 atom stereocenters. The van der Waals surface area contributed by atoms with Crippen LogP contribution in [0.4, 0.5) is 5.82 Å². The first-order chi connectivity index (χ1) is 10.1. The number of hydrogen-bond acceptors (Lipinski definition) is 7. The first kappa shape index (κ1) is 13.4. The fourth-order valence-corrected chi connectivity index (χ4v) is 2.08. The van der Waals surface area contributed by atoms with Gasteiger partial charge in [0.15, 0.2) is 0 Å². The molecule has 0 saturated carbocycles. The topological polar surface area (TPSA) is 108 Å². The lowest BCUT2D eigenvalue weighted by Gasteiger charge is -2.23. The summed E-state index contributed by atoms with van der Waals surface area (Å²) >= 11 is 0. The maximum Gasteiger partial charge on any atom is 0.414 e. The van der Waals surface area contributed by atoms with Gasteiger partial charge in [-0.3, -0.25) is 4.57 Å². The number of aromatic nitrogens is 4. The van der Waals surface area contributed by atoms with Crippen LogP contribution in [0.15, 0.2) is 18.6 Å². The van der Waals surface area contributed by atoms with E-state index >= 15 is 0 Å². The summed E-state index contributed by atoms with van der Waals surface area (Å²) in [6.07, 6.45) is 4.93. The van der Waals surface area contributed by atoms with E-state index in [0.29, 0.717) is 25.7 Å². The van der Waals surface area contributed by atoms with Gasteiger partial charge in [-0.2, -0.15) is 0 Å². The SMILES string of the molecule is Cc1ncc(CNC2COc3nc([N+](=O)[O-])cn3C2)cn1. The van der Waals surface area contributed by atoms with E-state index in [4.69, 9.17) is 4.74 Å². The van der Waals surface area contributed by atoms with Crippen LogP contribution in [0.2, 0.25) is 0 Å². The highest BCUT2D eigenvalue weighted by atomic mass is 16.6. The van der Waals surface area contributed by atoms with Crippen LogP contribution in [-0.2, 0) is 13.1 Å². The molecule has 0 spiro atoms. The van der Waals surface area contributed by atoms with Gasteiger partial charge in [0.05, 0.1) is 6.04 Å². The Kier molecular flexibility index (Phi) is 3.48. The Bertz CT molecular complexity index is 654. The third-order valence-corrected chi connectivity index (χ3v) is 3.17. The summed E-state index contributed by atoms with van der Waals surface area (Å²) in [5.74, 6) is 0.535. The van der Waals surface area contributed by atoms with Gasteiger partial charge < -0.3 is 20.2 Å². The standard InChI is InChI=1S/C12H14N6O3/c1-8-13-2-9(3-14-8)4-15-10-5-17-6-11(18(19)20)16-12(17)21-7-10/h2-3,6,10,15H,4-5,7H2,1H3. The molecule has 0 radical (unpaired) electrons. The third kappa shape index (κ3) is 2.97. The van der Waals surface area contributed by atoms with Crippen LogP contribution < -0.4 is 10.1 Å². The maximum absolute atomic E-state index is 10.7. The van der Waals surface area contributed by atoms with Crippen molar-refractivity contribution in [2.75, 3.05) is 6.61 Å². The minimum atomic E-state index is -0.527. The predicted molar refractivity (Wildman–Crippen MR) is 71.8 cm³/mol. The van der Waals surface area contributed by atoms with Crippen molar-refractivity contribution in [3.05, 3.63) is 40.1 Å². The molecule has 3 rings (SSSR count). The van der Waals surface area contributed by atoms with Gasteiger partial charge in [-0.25, -0.2) is 9.97 Å². The first-order valence-electron chi connectivity index (χ1n) is 6.47. The Hall–Kier alpha value is -2.55. The molecule has 1 unspecified atom stereocenters. The van der Waals surface area contributed by atoms with E-state index in [1.807, 2.05) is 6.92 Å². The molecular weight excluding hydrogens is 276 g/mol. The monoisotopic (exact) mass is 290 g/mol. The lowest BCUT2D eigenvalue weighted by Crippen LogP contribution is -2.41. The molecule has 1 N–H and O–H groups in total. The van der Waals surface area contributed by atoms with Crippen molar-refractivity contribution in [3.63, 3.8) is 0 Å². The summed E-state index contributed by atoms with van der Waals surface area (Å²) in [6.45, 7) is 3.43. The molecule has 9 heteroatoms. The molecule has 110 valence electrons. The zero-order valence-electron chi connectivity index (χ0n) is 11.4. The molecule has 9 nitrogen and oxygen atoms in total. The number of aryl methyl sites for hydroxylation is 1. The fraction of sp³-hybridized carbons (Fsp3) is 0.417. The number of hydrogen-bond donors (Lipinski definition) is 1. The quantitative estimate of drug-likeness (QED) is 0.643. The highest BCUT2D eigenvalue weighted by molar-refractivity contribution is 5.21. The average Bonchev–Trinajstić information content (AvgIpc) is 2.90. The second-order valence-corrected chi connectivity index (χ2v) is 4.82. The second kappa shape index (κ2) is 5.44. The van der Waals surface area contributed by atoms with Crippen LogP contribution in [0.5, 0.6) is 6.01 Å². The molecular formula is C12H14N6O3. The second-order valence-electron chi connectivity index (χ2n) is 4.82. The molecule has 1 aliphatic rings. The van der Waals surface area contributed by atoms with E-state index < -0.39 is 4.92 Å². The van der Waals surface area contributed by atoms with Crippen molar-refractivity contribution in [2.24, 2.45) is 0 Å². The number of imidazole rings is 1. The molecule has 2 aromatic heterocycles. The van der Waals surface area contributed by atoms with Crippen molar-refractivity contribution in [2.45, 2.75) is 26.1 Å². The Labute approximate surface area is 120 Å². The number of nitro groups is 1. The number of nitrogens with one attached hydrogen (secondary N) is 1. The molecule has 2 aromatic rings. The average molecular weight is 290 g/mol. The van der Waals surface area contributed by atoms with Crippen molar-refractivity contribution in [3.8, 4) is 6.01 Å². The van der Waals surface area contributed by atoms with Gasteiger partial charge in [-0.05, 0) is 11.8 Å². The molecule has 3 heterocycles. The highest BCUT2D eigenvalue weighted by Crippen LogP contribution is 2.21. The summed E-state index contributed by atoms with van der Waals surface area (Å²) < 4.78 is 7.07. The molecule has 0 amide bonds. The third-order valence-electron chi connectivity index (χ3n) is 3.17. The van der Waals surface area contributed by atoms with Crippen LogP contribution in [0, 0.1) is 17.0 Å². The predicted octanol–water partition coefficient (Wildman–Crippen LogP) is 0.441. The summed E-state index contributed by atoms with van der Waals surface area (Å²) in [7, 11) is 0. The van der Waals surface area contributed by atoms with E-state index in [1.54, 1.807) is 17.0 Å². The zero-order valence-corrected chi connectivity index (χ0v) is 11.4. The van der Waals surface area contributed by atoms with Crippen molar-refractivity contribution < 1.29 is 9.66 Å². The number of ether oxygens (including phenoxy) is 1. The van der Waals surface area contributed by atoms with Gasteiger partial charge >= 0.3 is 11.8 Å². The van der Waals surface area contributed by atoms with Crippen molar-refractivity contribution in [1.82, 2.24) is 24.8 Å². The molecule has 1 aliphatic heterocycles. The van der Waals surface area contributed by atoms with Gasteiger partial charge in [0, 0.05) is 36.0 Å². The van der Waals surface area contributed by atoms with E-state index in [9.17, 15) is 10.1 Å². The Morgan fingerprint density at radius 3 is 3.00 bits per heavy atom. The van der Waals surface area contributed by atoms with Gasteiger partial charge in [0.25, 0.3) is 0 Å². The van der Waals surface area contributed by atoms with E-state index in [1.165, 1.54) is 6.20 Å². The molecule has 0 aromatic carbocycles. The Morgan fingerprint density at radius 2 is 2.29 bits per heavy atom. The molecule has 0 aliphatic carbocycles. The highest BCUT2D eigenvalue weighted by Gasteiger charge is 2.27. The van der Waals surface area contributed by atoms with Crippen molar-refractivity contribution in [1.29, 1.82) is 0 Å². The van der Waals surface area contributed by atoms with Crippen molar-refractivity contribution >= 4 is 5.82 Å². The minimum absolute atomic E-state index is 0.0487. The lowest BCUT2D eigenvalue weighted by atomic mass is 10.2. The lowest BCUT2D eigenvalue weighted by molar-refractivity contribution is -0.389. The summed E-state index contributed by atoms with van der Waals surface area (Å²) in [4.78, 5) is 22.2. The van der Waals surface area contributed by atoms with Gasteiger partial charge in [-0.1, -0.05) is 0 Å². The number of nitrogens with zero attached hydrogens (tertiary/aromatic N) is 5. The van der Waals surface area contributed by atoms with Crippen LogP contribution in [0.1, 0.15) is 11.4 Å². The van der Waals surface area contributed by atoms with Crippen LogP contribution in [-0.4, -0.2) is 37.1 Å². The normalized spacial score (nSPS) is 17.1. The van der Waals surface area contributed by atoms with E-state index in [0.717, 1.165) is 11.4 Å². The number of rotatable bonds is 4. The smallest absolute Gasteiger partial charge is 0.414 e.